The summed E-state index contributed by atoms with van der Waals surface area (Å²) >= 11 is 0. The van der Waals surface area contributed by atoms with E-state index in [0.717, 1.165) is 0 Å². The molecule has 2 N–H and O–H groups in total. The Bertz CT molecular complexity index is 526. The van der Waals surface area contributed by atoms with Crippen LogP contribution in [0.4, 0.5) is 5.69 Å². The monoisotopic (exact) mass is 305 g/mol. The van der Waals surface area contributed by atoms with Gasteiger partial charge in [0.2, 0.25) is 11.8 Å². The minimum Gasteiger partial charge on any atom is -0.355 e. The van der Waals surface area contributed by atoms with E-state index < -0.39 is 0 Å². The molecule has 22 heavy (non-hydrogen) atoms. The Kier molecular flexibility index (Phi) is 7.25. The van der Waals surface area contributed by atoms with Crippen molar-refractivity contribution in [3.05, 3.63) is 29.8 Å². The van der Waals surface area contributed by atoms with Crippen LogP contribution in [0.3, 0.4) is 0 Å². The molecule has 2 amide bonds. The van der Waals surface area contributed by atoms with Crippen LogP contribution in [0.15, 0.2) is 24.3 Å². The predicted octanol–water partition coefficient (Wildman–Crippen LogP) is 1.29. The number of likely N-dealkylation sites (N-methyl/N-ethyl adjacent to an activating group) is 2. The predicted molar refractivity (Wildman–Crippen MR) is 85.9 cm³/mol. The first-order valence-electron chi connectivity index (χ1n) is 7.36. The summed E-state index contributed by atoms with van der Waals surface area (Å²) in [6, 6.07) is 6.72. The summed E-state index contributed by atoms with van der Waals surface area (Å²) in [5, 5.41) is 5.46. The molecule has 0 heterocycles. The third-order valence-electron chi connectivity index (χ3n) is 3.13. The fraction of sp³-hybridized carbons (Fsp3) is 0.438. The normalized spacial score (nSPS) is 10.4. The highest BCUT2D eigenvalue weighted by Crippen LogP contribution is 2.10. The van der Waals surface area contributed by atoms with Gasteiger partial charge in [0.1, 0.15) is 0 Å². The summed E-state index contributed by atoms with van der Waals surface area (Å²) in [5.74, 6) is -0.304. The van der Waals surface area contributed by atoms with Gasteiger partial charge in [-0.1, -0.05) is 6.92 Å². The number of carbonyl (C=O) groups is 3. The molecule has 0 saturated carbocycles. The second-order valence-electron chi connectivity index (χ2n) is 4.94. The summed E-state index contributed by atoms with van der Waals surface area (Å²) in [4.78, 5) is 36.5. The molecule has 0 saturated heterocycles. The fourth-order valence-electron chi connectivity index (χ4n) is 1.93. The van der Waals surface area contributed by atoms with Crippen LogP contribution in [-0.2, 0) is 9.59 Å². The molecule has 0 spiro atoms. The fourth-order valence-corrected chi connectivity index (χ4v) is 1.93. The largest absolute Gasteiger partial charge is 0.355 e. The van der Waals surface area contributed by atoms with Crippen LogP contribution >= 0.6 is 0 Å². The molecule has 0 atom stereocenters. The van der Waals surface area contributed by atoms with E-state index in [9.17, 15) is 14.4 Å². The van der Waals surface area contributed by atoms with Gasteiger partial charge in [0.25, 0.3) is 0 Å². The first kappa shape index (κ1) is 17.8. The number of ketones is 1. The summed E-state index contributed by atoms with van der Waals surface area (Å²) < 4.78 is 0. The number of nitrogens with one attached hydrogen (secondary N) is 2. The lowest BCUT2D eigenvalue weighted by atomic mass is 10.1. The third-order valence-corrected chi connectivity index (χ3v) is 3.13. The maximum absolute atomic E-state index is 12.0. The molecule has 0 bridgehead atoms. The molecule has 0 aliphatic carbocycles. The molecule has 0 radical (unpaired) electrons. The molecule has 1 rings (SSSR count). The number of benzene rings is 1. The first-order chi connectivity index (χ1) is 10.5. The van der Waals surface area contributed by atoms with Gasteiger partial charge in [0, 0.05) is 17.8 Å². The second kappa shape index (κ2) is 8.94. The van der Waals surface area contributed by atoms with Gasteiger partial charge < -0.3 is 10.6 Å². The van der Waals surface area contributed by atoms with E-state index in [4.69, 9.17) is 0 Å². The minimum atomic E-state index is -0.193. The van der Waals surface area contributed by atoms with E-state index in [-0.39, 0.29) is 30.7 Å². The number of nitrogens with zero attached hydrogens (tertiary/aromatic N) is 1. The topological polar surface area (TPSA) is 78.5 Å². The number of amides is 2. The van der Waals surface area contributed by atoms with Crippen LogP contribution in [0, 0.1) is 0 Å². The van der Waals surface area contributed by atoms with Gasteiger partial charge in [-0.05, 0) is 44.7 Å². The minimum absolute atomic E-state index is 0.0167. The molecule has 6 heteroatoms. The summed E-state index contributed by atoms with van der Waals surface area (Å²) in [6.45, 7) is 6.76. The van der Waals surface area contributed by atoms with E-state index in [0.29, 0.717) is 24.3 Å². The van der Waals surface area contributed by atoms with Crippen molar-refractivity contribution in [3.63, 3.8) is 0 Å². The van der Waals surface area contributed by atoms with Crippen molar-refractivity contribution >= 4 is 23.3 Å². The van der Waals surface area contributed by atoms with Crippen molar-refractivity contribution in [2.24, 2.45) is 0 Å². The van der Waals surface area contributed by atoms with Gasteiger partial charge >= 0.3 is 0 Å². The number of Topliss-reactive ketones (excluding diaryl/α,β-unsaturated/α-hetero) is 1. The average Bonchev–Trinajstić information content (AvgIpc) is 2.47. The van der Waals surface area contributed by atoms with E-state index in [2.05, 4.69) is 10.6 Å². The number of rotatable bonds is 8. The van der Waals surface area contributed by atoms with Crippen LogP contribution in [-0.4, -0.2) is 48.7 Å². The molecular weight excluding hydrogens is 282 g/mol. The van der Waals surface area contributed by atoms with Gasteiger partial charge in [0.05, 0.1) is 13.1 Å². The smallest absolute Gasteiger partial charge is 0.238 e. The molecule has 1 aromatic rings. The number of anilines is 1. The molecule has 120 valence electrons. The maximum atomic E-state index is 12.0. The Hall–Kier alpha value is -2.21. The van der Waals surface area contributed by atoms with Gasteiger partial charge in [-0.3, -0.25) is 19.3 Å². The average molecular weight is 305 g/mol. The van der Waals surface area contributed by atoms with E-state index >= 15 is 0 Å². The van der Waals surface area contributed by atoms with Crippen molar-refractivity contribution in [1.29, 1.82) is 0 Å². The molecule has 0 aliphatic heterocycles. The molecule has 0 aliphatic rings. The standard InChI is InChI=1S/C16H23N3O3/c1-4-17-15(21)10-19(5-2)11-16(22)18-14-8-6-13(7-9-14)12(3)20/h6-9H,4-5,10-11H2,1-3H3,(H,17,21)(H,18,22). The van der Waals surface area contributed by atoms with Gasteiger partial charge in [0.15, 0.2) is 5.78 Å². The van der Waals surface area contributed by atoms with E-state index in [1.807, 2.05) is 13.8 Å². The Morgan fingerprint density at radius 3 is 2.09 bits per heavy atom. The van der Waals surface area contributed by atoms with Crippen molar-refractivity contribution < 1.29 is 14.4 Å². The zero-order valence-corrected chi connectivity index (χ0v) is 13.3. The lowest BCUT2D eigenvalue weighted by Gasteiger charge is -2.19. The highest BCUT2D eigenvalue weighted by atomic mass is 16.2. The number of hydrogen-bond acceptors (Lipinski definition) is 4. The molecule has 0 unspecified atom stereocenters. The van der Waals surface area contributed by atoms with Crippen LogP contribution in [0.2, 0.25) is 0 Å². The van der Waals surface area contributed by atoms with Crippen molar-refractivity contribution in [3.8, 4) is 0 Å². The first-order valence-corrected chi connectivity index (χ1v) is 7.36. The van der Waals surface area contributed by atoms with Crippen LogP contribution in [0.5, 0.6) is 0 Å². The summed E-state index contributed by atoms with van der Waals surface area (Å²) in [7, 11) is 0. The second-order valence-corrected chi connectivity index (χ2v) is 4.94. The van der Waals surface area contributed by atoms with Crippen molar-refractivity contribution in [2.45, 2.75) is 20.8 Å². The summed E-state index contributed by atoms with van der Waals surface area (Å²) in [6.07, 6.45) is 0. The zero-order valence-electron chi connectivity index (χ0n) is 13.3. The van der Waals surface area contributed by atoms with Crippen LogP contribution in [0.25, 0.3) is 0 Å². The number of hydrogen-bond donors (Lipinski definition) is 2. The Balaban J connectivity index is 2.53. The maximum Gasteiger partial charge on any atom is 0.238 e. The highest BCUT2D eigenvalue weighted by Gasteiger charge is 2.12. The Morgan fingerprint density at radius 2 is 1.59 bits per heavy atom. The van der Waals surface area contributed by atoms with E-state index in [1.54, 1.807) is 29.2 Å². The molecule has 6 nitrogen and oxygen atoms in total. The quantitative estimate of drug-likeness (QED) is 0.709. The molecule has 1 aromatic carbocycles. The third kappa shape index (κ3) is 6.05. The number of carbonyl (C=O) groups excluding carboxylic acids is 3. The lowest BCUT2D eigenvalue weighted by molar-refractivity contribution is -0.123. The van der Waals surface area contributed by atoms with Crippen molar-refractivity contribution in [1.82, 2.24) is 10.2 Å². The van der Waals surface area contributed by atoms with Gasteiger partial charge in [-0.15, -0.1) is 0 Å². The SMILES string of the molecule is CCNC(=O)CN(CC)CC(=O)Nc1ccc(C(C)=O)cc1. The van der Waals surface area contributed by atoms with Gasteiger partial charge in [-0.2, -0.15) is 0 Å². The zero-order chi connectivity index (χ0) is 16.5. The van der Waals surface area contributed by atoms with Crippen LogP contribution < -0.4 is 10.6 Å². The van der Waals surface area contributed by atoms with E-state index in [1.165, 1.54) is 6.92 Å². The Labute approximate surface area is 130 Å². The molecule has 0 fully saturated rings. The van der Waals surface area contributed by atoms with Gasteiger partial charge in [-0.25, -0.2) is 0 Å². The summed E-state index contributed by atoms with van der Waals surface area (Å²) in [5.41, 5.74) is 1.23. The Morgan fingerprint density at radius 1 is 1.00 bits per heavy atom. The molecular formula is C16H23N3O3. The van der Waals surface area contributed by atoms with Crippen molar-refractivity contribution in [2.75, 3.05) is 31.5 Å². The highest BCUT2D eigenvalue weighted by molar-refractivity contribution is 5.96. The van der Waals surface area contributed by atoms with Crippen LogP contribution in [0.1, 0.15) is 31.1 Å². The lowest BCUT2D eigenvalue weighted by Crippen LogP contribution is -2.41. The molecule has 0 aromatic heterocycles.